The Balaban J connectivity index is 1.53. The topological polar surface area (TPSA) is 41.6 Å². The van der Waals surface area contributed by atoms with Crippen LogP contribution in [0.15, 0.2) is 28.7 Å². The first-order valence-corrected chi connectivity index (χ1v) is 9.69. The van der Waals surface area contributed by atoms with Crippen LogP contribution in [0.1, 0.15) is 31.2 Å². The second-order valence-electron chi connectivity index (χ2n) is 7.10. The molecule has 2 fully saturated rings. The van der Waals surface area contributed by atoms with Crippen LogP contribution in [0.5, 0.6) is 0 Å². The van der Waals surface area contributed by atoms with Gasteiger partial charge in [-0.3, -0.25) is 4.79 Å². The SMILES string of the molecule is COCCN1CC[C@@H](CNC(=O)C2(c3ccc(Br)cc3)CCC2)C1. The molecule has 2 aliphatic rings. The summed E-state index contributed by atoms with van der Waals surface area (Å²) >= 11 is 3.47. The molecule has 3 rings (SSSR count). The van der Waals surface area contributed by atoms with Crippen molar-refractivity contribution < 1.29 is 9.53 Å². The fourth-order valence-electron chi connectivity index (χ4n) is 3.86. The third kappa shape index (κ3) is 3.84. The molecule has 1 atom stereocenters. The standard InChI is InChI=1S/C19H27BrN2O2/c1-24-12-11-22-10-7-15(14-22)13-21-18(23)19(8-2-9-19)16-3-5-17(20)6-4-16/h3-6,15H,2,7-14H2,1H3,(H,21,23)/t15-/m0/s1. The fourth-order valence-corrected chi connectivity index (χ4v) is 4.12. The molecule has 24 heavy (non-hydrogen) atoms. The van der Waals surface area contributed by atoms with Gasteiger partial charge in [-0.15, -0.1) is 0 Å². The van der Waals surface area contributed by atoms with Crippen LogP contribution in [0.25, 0.3) is 0 Å². The van der Waals surface area contributed by atoms with E-state index >= 15 is 0 Å². The number of hydrogen-bond donors (Lipinski definition) is 1. The van der Waals surface area contributed by atoms with Crippen molar-refractivity contribution >= 4 is 21.8 Å². The number of ether oxygens (including phenoxy) is 1. The smallest absolute Gasteiger partial charge is 0.230 e. The lowest BCUT2D eigenvalue weighted by Gasteiger charge is -2.41. The Morgan fingerprint density at radius 1 is 1.38 bits per heavy atom. The summed E-state index contributed by atoms with van der Waals surface area (Å²) < 4.78 is 6.21. The Labute approximate surface area is 153 Å². The van der Waals surface area contributed by atoms with Crippen LogP contribution in [-0.4, -0.2) is 50.7 Å². The molecule has 0 spiro atoms. The maximum atomic E-state index is 12.9. The van der Waals surface area contributed by atoms with Gasteiger partial charge in [-0.05, 0) is 49.4 Å². The number of nitrogens with one attached hydrogen (secondary N) is 1. The van der Waals surface area contributed by atoms with E-state index in [-0.39, 0.29) is 11.3 Å². The van der Waals surface area contributed by atoms with Gasteiger partial charge >= 0.3 is 0 Å². The molecule has 0 aromatic heterocycles. The van der Waals surface area contributed by atoms with Gasteiger partial charge in [0.1, 0.15) is 0 Å². The molecule has 132 valence electrons. The predicted molar refractivity (Wildman–Crippen MR) is 99.1 cm³/mol. The number of benzene rings is 1. The van der Waals surface area contributed by atoms with Gasteiger partial charge in [-0.2, -0.15) is 0 Å². The van der Waals surface area contributed by atoms with E-state index in [0.717, 1.165) is 68.5 Å². The predicted octanol–water partition coefficient (Wildman–Crippen LogP) is 2.96. The molecule has 5 heteroatoms. The molecule has 1 aliphatic heterocycles. The maximum absolute atomic E-state index is 12.9. The lowest BCUT2D eigenvalue weighted by atomic mass is 9.64. The molecule has 4 nitrogen and oxygen atoms in total. The number of hydrogen-bond acceptors (Lipinski definition) is 3. The number of likely N-dealkylation sites (tertiary alicyclic amines) is 1. The monoisotopic (exact) mass is 394 g/mol. The van der Waals surface area contributed by atoms with Crippen LogP contribution in [-0.2, 0) is 14.9 Å². The number of carbonyl (C=O) groups excluding carboxylic acids is 1. The second kappa shape index (κ2) is 7.98. The van der Waals surface area contributed by atoms with Gasteiger partial charge in [0.2, 0.25) is 5.91 Å². The average molecular weight is 395 g/mol. The molecule has 1 N–H and O–H groups in total. The fraction of sp³-hybridized carbons (Fsp3) is 0.632. The second-order valence-corrected chi connectivity index (χ2v) is 8.02. The summed E-state index contributed by atoms with van der Waals surface area (Å²) in [5.41, 5.74) is 0.859. The summed E-state index contributed by atoms with van der Waals surface area (Å²) in [6.07, 6.45) is 4.23. The van der Waals surface area contributed by atoms with Crippen molar-refractivity contribution in [3.05, 3.63) is 34.3 Å². The number of halogens is 1. The van der Waals surface area contributed by atoms with Crippen molar-refractivity contribution in [3.8, 4) is 0 Å². The van der Waals surface area contributed by atoms with E-state index < -0.39 is 0 Å². The van der Waals surface area contributed by atoms with Gasteiger partial charge in [-0.1, -0.05) is 34.5 Å². The Kier molecular flexibility index (Phi) is 5.95. The van der Waals surface area contributed by atoms with Crippen molar-refractivity contribution in [1.29, 1.82) is 0 Å². The van der Waals surface area contributed by atoms with Crippen molar-refractivity contribution in [2.24, 2.45) is 5.92 Å². The lowest BCUT2D eigenvalue weighted by Crippen LogP contribution is -2.50. The summed E-state index contributed by atoms with van der Waals surface area (Å²) in [6, 6.07) is 8.25. The van der Waals surface area contributed by atoms with Crippen LogP contribution < -0.4 is 5.32 Å². The van der Waals surface area contributed by atoms with E-state index in [2.05, 4.69) is 38.3 Å². The summed E-state index contributed by atoms with van der Waals surface area (Å²) in [4.78, 5) is 15.3. The van der Waals surface area contributed by atoms with Gasteiger partial charge in [0, 0.05) is 31.2 Å². The molecule has 0 bridgehead atoms. The average Bonchev–Trinajstić information content (AvgIpc) is 2.99. The first kappa shape index (κ1) is 17.9. The highest BCUT2D eigenvalue weighted by Gasteiger charge is 2.45. The van der Waals surface area contributed by atoms with Crippen molar-refractivity contribution in [2.45, 2.75) is 31.1 Å². The van der Waals surface area contributed by atoms with Gasteiger partial charge < -0.3 is 15.0 Å². The van der Waals surface area contributed by atoms with Gasteiger partial charge in [0.05, 0.1) is 12.0 Å². The quantitative estimate of drug-likeness (QED) is 0.772. The molecule has 1 amide bonds. The largest absolute Gasteiger partial charge is 0.383 e. The van der Waals surface area contributed by atoms with E-state index in [1.807, 2.05) is 12.1 Å². The highest BCUT2D eigenvalue weighted by atomic mass is 79.9. The lowest BCUT2D eigenvalue weighted by molar-refractivity contribution is -0.130. The summed E-state index contributed by atoms with van der Waals surface area (Å²) in [5, 5.41) is 3.25. The van der Waals surface area contributed by atoms with Crippen LogP contribution >= 0.6 is 15.9 Å². The maximum Gasteiger partial charge on any atom is 0.230 e. The van der Waals surface area contributed by atoms with E-state index in [1.54, 1.807) is 7.11 Å². The Morgan fingerprint density at radius 3 is 2.75 bits per heavy atom. The summed E-state index contributed by atoms with van der Waals surface area (Å²) in [7, 11) is 1.74. The van der Waals surface area contributed by atoms with E-state index in [4.69, 9.17) is 4.74 Å². The molecule has 1 heterocycles. The van der Waals surface area contributed by atoms with Crippen LogP contribution in [0.2, 0.25) is 0 Å². The van der Waals surface area contributed by atoms with Crippen molar-refractivity contribution in [1.82, 2.24) is 10.2 Å². The molecule has 1 saturated carbocycles. The molecule has 0 radical (unpaired) electrons. The third-order valence-corrected chi connectivity index (χ3v) is 6.10. The van der Waals surface area contributed by atoms with Crippen LogP contribution in [0, 0.1) is 5.92 Å². The zero-order valence-electron chi connectivity index (χ0n) is 14.4. The third-order valence-electron chi connectivity index (χ3n) is 5.57. The minimum atomic E-state index is -0.297. The zero-order chi connectivity index (χ0) is 17.0. The first-order chi connectivity index (χ1) is 11.6. The summed E-state index contributed by atoms with van der Waals surface area (Å²) in [6.45, 7) is 4.74. The molecule has 1 aromatic rings. The number of rotatable bonds is 7. The van der Waals surface area contributed by atoms with Crippen molar-refractivity contribution in [3.63, 3.8) is 0 Å². The Hall–Kier alpha value is -0.910. The van der Waals surface area contributed by atoms with Crippen LogP contribution in [0.3, 0.4) is 0 Å². The minimum Gasteiger partial charge on any atom is -0.383 e. The Bertz CT molecular complexity index is 557. The molecule has 1 saturated heterocycles. The number of carbonyl (C=O) groups is 1. The highest BCUT2D eigenvalue weighted by molar-refractivity contribution is 9.10. The van der Waals surface area contributed by atoms with Crippen LogP contribution in [0.4, 0.5) is 0 Å². The van der Waals surface area contributed by atoms with Gasteiger partial charge in [-0.25, -0.2) is 0 Å². The molecular weight excluding hydrogens is 368 g/mol. The number of amides is 1. The first-order valence-electron chi connectivity index (χ1n) is 8.90. The zero-order valence-corrected chi connectivity index (χ0v) is 16.0. The van der Waals surface area contributed by atoms with Crippen molar-refractivity contribution in [2.75, 3.05) is 39.9 Å². The highest BCUT2D eigenvalue weighted by Crippen LogP contribution is 2.44. The van der Waals surface area contributed by atoms with E-state index in [0.29, 0.717) is 5.92 Å². The molecule has 0 unspecified atom stereocenters. The summed E-state index contributed by atoms with van der Waals surface area (Å²) in [5.74, 6) is 0.777. The molecule has 1 aliphatic carbocycles. The number of nitrogens with zero attached hydrogens (tertiary/aromatic N) is 1. The molecule has 1 aromatic carbocycles. The molecular formula is C19H27BrN2O2. The van der Waals surface area contributed by atoms with Gasteiger partial charge in [0.15, 0.2) is 0 Å². The minimum absolute atomic E-state index is 0.214. The van der Waals surface area contributed by atoms with Gasteiger partial charge in [0.25, 0.3) is 0 Å². The normalized spacial score (nSPS) is 23.0. The van der Waals surface area contributed by atoms with E-state index in [1.165, 1.54) is 0 Å². The van der Waals surface area contributed by atoms with E-state index in [9.17, 15) is 4.79 Å². The Morgan fingerprint density at radius 2 is 2.12 bits per heavy atom. The number of methoxy groups -OCH3 is 1.